The third-order valence-corrected chi connectivity index (χ3v) is 10.6. The summed E-state index contributed by atoms with van der Waals surface area (Å²) in [4.78, 5) is 25.7. The first-order valence-electron chi connectivity index (χ1n) is 24.0. The molecule has 8 nitrogen and oxygen atoms in total. The SMILES string of the molecule is CCCCCCCCCCCCCCOCC(CNC(=O)[C@H](CCCCNC(=O)OC(C)(C)C)NCc1ccccc1)OCCCCCCCCCCCCCC. The van der Waals surface area contributed by atoms with Gasteiger partial charge in [-0.05, 0) is 58.4 Å². The van der Waals surface area contributed by atoms with Crippen molar-refractivity contribution >= 4 is 12.0 Å². The molecule has 0 saturated heterocycles. The number of alkyl carbamates (subject to hydrolysis) is 1. The number of hydrogen-bond donors (Lipinski definition) is 3. The molecule has 1 unspecified atom stereocenters. The molecule has 0 heterocycles. The van der Waals surface area contributed by atoms with Crippen molar-refractivity contribution in [2.45, 2.75) is 232 Å². The standard InChI is InChI=1S/C49H91N3O5/c1-6-8-10-12-14-16-18-20-22-24-26-33-39-55-43-45(56-40-34-27-25-23-21-19-17-15-13-11-9-7-2)42-52-47(53)46(51-41-44-35-29-28-30-36-44)37-31-32-38-50-48(54)57-49(3,4)5/h28-30,35-36,45-46,51H,6-27,31-34,37-43H2,1-5H3,(H,50,54)(H,52,53)/t45?,46-/m0/s1. The van der Waals surface area contributed by atoms with Gasteiger partial charge in [0.1, 0.15) is 5.60 Å². The van der Waals surface area contributed by atoms with Crippen molar-refractivity contribution in [2.24, 2.45) is 0 Å². The fourth-order valence-electron chi connectivity index (χ4n) is 7.10. The summed E-state index contributed by atoms with van der Waals surface area (Å²) in [5.74, 6) is -0.0223. The molecule has 3 N–H and O–H groups in total. The van der Waals surface area contributed by atoms with E-state index >= 15 is 0 Å². The fourth-order valence-corrected chi connectivity index (χ4v) is 7.10. The number of rotatable bonds is 40. The zero-order valence-corrected chi connectivity index (χ0v) is 37.9. The summed E-state index contributed by atoms with van der Waals surface area (Å²) in [5, 5.41) is 9.52. The van der Waals surface area contributed by atoms with Gasteiger partial charge in [0.05, 0.1) is 18.8 Å². The van der Waals surface area contributed by atoms with Crippen LogP contribution >= 0.6 is 0 Å². The van der Waals surface area contributed by atoms with Crippen LogP contribution in [0.25, 0.3) is 0 Å². The molecule has 2 atom stereocenters. The molecule has 0 bridgehead atoms. The molecule has 8 heteroatoms. The van der Waals surface area contributed by atoms with Crippen LogP contribution in [0.2, 0.25) is 0 Å². The van der Waals surface area contributed by atoms with Crippen molar-refractivity contribution in [1.82, 2.24) is 16.0 Å². The van der Waals surface area contributed by atoms with Crippen LogP contribution in [0.4, 0.5) is 4.79 Å². The monoisotopic (exact) mass is 802 g/mol. The van der Waals surface area contributed by atoms with Crippen LogP contribution in [0.5, 0.6) is 0 Å². The van der Waals surface area contributed by atoms with Crippen LogP contribution in [-0.2, 0) is 25.5 Å². The molecule has 332 valence electrons. The zero-order valence-electron chi connectivity index (χ0n) is 37.9. The maximum absolute atomic E-state index is 13.6. The molecule has 0 aliphatic rings. The number of carbonyl (C=O) groups excluding carboxylic acids is 2. The van der Waals surface area contributed by atoms with Gasteiger partial charge in [-0.25, -0.2) is 4.79 Å². The highest BCUT2D eigenvalue weighted by atomic mass is 16.6. The Labute approximate surface area is 351 Å². The minimum Gasteiger partial charge on any atom is -0.444 e. The maximum atomic E-state index is 13.6. The number of nitrogens with one attached hydrogen (secondary N) is 3. The van der Waals surface area contributed by atoms with Crippen molar-refractivity contribution < 1.29 is 23.8 Å². The van der Waals surface area contributed by atoms with Gasteiger partial charge < -0.3 is 30.2 Å². The quantitative estimate of drug-likeness (QED) is 0.0572. The Bertz CT molecular complexity index is 1030. The van der Waals surface area contributed by atoms with Gasteiger partial charge in [0.15, 0.2) is 0 Å². The Morgan fingerprint density at radius 1 is 0.596 bits per heavy atom. The predicted octanol–water partition coefficient (Wildman–Crippen LogP) is 12.8. The molecule has 0 aliphatic carbocycles. The molecule has 0 aliphatic heterocycles. The Kier molecular flexibility index (Phi) is 35.3. The summed E-state index contributed by atoms with van der Waals surface area (Å²) in [6, 6.07) is 9.82. The third kappa shape index (κ3) is 35.5. The first kappa shape index (κ1) is 52.9. The molecule has 0 fully saturated rings. The largest absolute Gasteiger partial charge is 0.444 e. The molecule has 1 rings (SSSR count). The summed E-state index contributed by atoms with van der Waals surface area (Å²) < 4.78 is 17.9. The van der Waals surface area contributed by atoms with Crippen molar-refractivity contribution in [3.8, 4) is 0 Å². The van der Waals surface area contributed by atoms with E-state index in [9.17, 15) is 9.59 Å². The summed E-state index contributed by atoms with van der Waals surface area (Å²) in [7, 11) is 0. The summed E-state index contributed by atoms with van der Waals surface area (Å²) in [6.07, 6.45) is 33.3. The molecule has 1 aromatic rings. The highest BCUT2D eigenvalue weighted by Crippen LogP contribution is 2.14. The lowest BCUT2D eigenvalue weighted by Crippen LogP contribution is -2.47. The predicted molar refractivity (Wildman–Crippen MR) is 241 cm³/mol. The average molecular weight is 802 g/mol. The molecular formula is C49H91N3O5. The lowest BCUT2D eigenvalue weighted by atomic mass is 10.1. The number of carbonyl (C=O) groups is 2. The molecule has 2 amide bonds. The molecule has 57 heavy (non-hydrogen) atoms. The van der Waals surface area contributed by atoms with Crippen molar-refractivity contribution in [3.05, 3.63) is 35.9 Å². The van der Waals surface area contributed by atoms with E-state index in [2.05, 4.69) is 41.9 Å². The van der Waals surface area contributed by atoms with E-state index in [1.165, 1.54) is 141 Å². The van der Waals surface area contributed by atoms with Crippen LogP contribution in [0.1, 0.15) is 214 Å². The van der Waals surface area contributed by atoms with Gasteiger partial charge in [0.2, 0.25) is 5.91 Å². The number of benzene rings is 1. The highest BCUT2D eigenvalue weighted by Gasteiger charge is 2.20. The Balaban J connectivity index is 2.53. The van der Waals surface area contributed by atoms with Crippen LogP contribution in [-0.4, -0.2) is 62.7 Å². The molecule has 1 aromatic carbocycles. The normalized spacial score (nSPS) is 12.7. The third-order valence-electron chi connectivity index (χ3n) is 10.6. The van der Waals surface area contributed by atoms with E-state index in [1.807, 2.05) is 39.0 Å². The number of hydrogen-bond acceptors (Lipinski definition) is 6. The summed E-state index contributed by atoms with van der Waals surface area (Å²) >= 11 is 0. The van der Waals surface area contributed by atoms with Gasteiger partial charge >= 0.3 is 6.09 Å². The van der Waals surface area contributed by atoms with Gasteiger partial charge in [0, 0.05) is 32.8 Å². The van der Waals surface area contributed by atoms with Crippen LogP contribution < -0.4 is 16.0 Å². The van der Waals surface area contributed by atoms with E-state index in [0.29, 0.717) is 39.3 Å². The van der Waals surface area contributed by atoms with Crippen molar-refractivity contribution in [3.63, 3.8) is 0 Å². The van der Waals surface area contributed by atoms with Gasteiger partial charge in [-0.2, -0.15) is 0 Å². The fraction of sp³-hybridized carbons (Fsp3) is 0.837. The summed E-state index contributed by atoms with van der Waals surface area (Å²) in [6.45, 7) is 13.6. The second-order valence-corrected chi connectivity index (χ2v) is 17.4. The van der Waals surface area contributed by atoms with Gasteiger partial charge in [-0.3, -0.25) is 4.79 Å². The lowest BCUT2D eigenvalue weighted by molar-refractivity contribution is -0.124. The smallest absolute Gasteiger partial charge is 0.407 e. The Morgan fingerprint density at radius 3 is 1.60 bits per heavy atom. The maximum Gasteiger partial charge on any atom is 0.407 e. The van der Waals surface area contributed by atoms with Gasteiger partial charge in [-0.15, -0.1) is 0 Å². The van der Waals surface area contributed by atoms with Gasteiger partial charge in [-0.1, -0.05) is 185 Å². The summed E-state index contributed by atoms with van der Waals surface area (Å²) in [5.41, 5.74) is 0.608. The highest BCUT2D eigenvalue weighted by molar-refractivity contribution is 5.81. The number of unbranched alkanes of at least 4 members (excludes halogenated alkanes) is 23. The van der Waals surface area contributed by atoms with Crippen LogP contribution in [0.3, 0.4) is 0 Å². The molecular weight excluding hydrogens is 711 g/mol. The number of ether oxygens (including phenoxy) is 3. The second kappa shape index (κ2) is 38.1. The Hall–Kier alpha value is -2.16. The van der Waals surface area contributed by atoms with E-state index in [0.717, 1.165) is 37.9 Å². The number of amides is 2. The molecule has 0 spiro atoms. The first-order valence-corrected chi connectivity index (χ1v) is 24.0. The average Bonchev–Trinajstić information content (AvgIpc) is 3.19. The van der Waals surface area contributed by atoms with Crippen molar-refractivity contribution in [2.75, 3.05) is 32.9 Å². The molecule has 0 saturated carbocycles. The van der Waals surface area contributed by atoms with Crippen LogP contribution in [0.15, 0.2) is 30.3 Å². The van der Waals surface area contributed by atoms with E-state index in [-0.39, 0.29) is 18.1 Å². The van der Waals surface area contributed by atoms with E-state index < -0.39 is 11.7 Å². The van der Waals surface area contributed by atoms with E-state index in [1.54, 1.807) is 0 Å². The second-order valence-electron chi connectivity index (χ2n) is 17.4. The topological polar surface area (TPSA) is 97.9 Å². The first-order chi connectivity index (χ1) is 27.7. The minimum absolute atomic E-state index is 0.0223. The molecule has 0 radical (unpaired) electrons. The van der Waals surface area contributed by atoms with Crippen molar-refractivity contribution in [1.29, 1.82) is 0 Å². The zero-order chi connectivity index (χ0) is 41.5. The van der Waals surface area contributed by atoms with E-state index in [4.69, 9.17) is 14.2 Å². The molecule has 0 aromatic heterocycles. The Morgan fingerprint density at radius 2 is 1.09 bits per heavy atom. The minimum atomic E-state index is -0.527. The van der Waals surface area contributed by atoms with Crippen LogP contribution in [0, 0.1) is 0 Å². The van der Waals surface area contributed by atoms with Gasteiger partial charge in [0.25, 0.3) is 0 Å². The lowest BCUT2D eigenvalue weighted by Gasteiger charge is -2.22.